The number of aromatic hydroxyl groups is 1. The number of ketones is 1. The van der Waals surface area contributed by atoms with Gasteiger partial charge in [0.15, 0.2) is 17.3 Å². The van der Waals surface area contributed by atoms with Crippen LogP contribution >= 0.6 is 0 Å². The predicted molar refractivity (Wildman–Crippen MR) is 91.9 cm³/mol. The van der Waals surface area contributed by atoms with Crippen molar-refractivity contribution < 1.29 is 24.2 Å². The van der Waals surface area contributed by atoms with Gasteiger partial charge in [0.05, 0.1) is 7.11 Å². The van der Waals surface area contributed by atoms with Gasteiger partial charge in [-0.15, -0.1) is 0 Å². The molecule has 5 nitrogen and oxygen atoms in total. The SMILES string of the molecule is COc1cc(/C=C/C(O)=CC(=O)/C=C/c2ccc(C)o2)ccc1O. The van der Waals surface area contributed by atoms with Gasteiger partial charge in [0.2, 0.25) is 0 Å². The molecule has 2 aromatic rings. The molecule has 0 atom stereocenters. The summed E-state index contributed by atoms with van der Waals surface area (Å²) in [7, 11) is 1.45. The lowest BCUT2D eigenvalue weighted by Crippen LogP contribution is -1.88. The Balaban J connectivity index is 2.02. The Kier molecular flexibility index (Phi) is 5.63. The van der Waals surface area contributed by atoms with Gasteiger partial charge >= 0.3 is 0 Å². The molecule has 0 aliphatic heterocycles. The summed E-state index contributed by atoms with van der Waals surface area (Å²) in [6, 6.07) is 8.30. The van der Waals surface area contributed by atoms with Gasteiger partial charge < -0.3 is 19.4 Å². The highest BCUT2D eigenvalue weighted by Crippen LogP contribution is 2.26. The van der Waals surface area contributed by atoms with Gasteiger partial charge in [-0.1, -0.05) is 12.1 Å². The smallest absolute Gasteiger partial charge is 0.182 e. The molecule has 124 valence electrons. The molecule has 1 aromatic heterocycles. The monoisotopic (exact) mass is 326 g/mol. The van der Waals surface area contributed by atoms with Gasteiger partial charge in [0, 0.05) is 6.08 Å². The van der Waals surface area contributed by atoms with Crippen LogP contribution in [0.1, 0.15) is 17.1 Å². The highest BCUT2D eigenvalue weighted by Gasteiger charge is 2.01. The first-order valence-corrected chi connectivity index (χ1v) is 7.22. The summed E-state index contributed by atoms with van der Waals surface area (Å²) in [6.07, 6.45) is 6.93. The summed E-state index contributed by atoms with van der Waals surface area (Å²) in [5, 5.41) is 19.3. The number of hydrogen-bond donors (Lipinski definition) is 2. The Hall–Kier alpha value is -3.21. The van der Waals surface area contributed by atoms with E-state index in [1.165, 1.54) is 31.4 Å². The number of aryl methyl sites for hydroxylation is 1. The molecule has 0 spiro atoms. The van der Waals surface area contributed by atoms with E-state index in [0.717, 1.165) is 11.8 Å². The topological polar surface area (TPSA) is 79.9 Å². The molecule has 2 N–H and O–H groups in total. The molecule has 0 unspecified atom stereocenters. The zero-order valence-electron chi connectivity index (χ0n) is 13.4. The van der Waals surface area contributed by atoms with Crippen molar-refractivity contribution in [1.29, 1.82) is 0 Å². The van der Waals surface area contributed by atoms with Gasteiger partial charge in [-0.05, 0) is 55.0 Å². The lowest BCUT2D eigenvalue weighted by molar-refractivity contribution is -0.110. The van der Waals surface area contributed by atoms with E-state index >= 15 is 0 Å². The summed E-state index contributed by atoms with van der Waals surface area (Å²) >= 11 is 0. The second-order valence-electron chi connectivity index (χ2n) is 5.02. The van der Waals surface area contributed by atoms with Crippen LogP contribution in [-0.4, -0.2) is 23.1 Å². The van der Waals surface area contributed by atoms with E-state index in [1.54, 1.807) is 30.3 Å². The van der Waals surface area contributed by atoms with E-state index < -0.39 is 0 Å². The number of methoxy groups -OCH3 is 1. The zero-order chi connectivity index (χ0) is 17.5. The van der Waals surface area contributed by atoms with Crippen LogP contribution in [0.15, 0.2) is 58.7 Å². The number of rotatable bonds is 6. The molecule has 24 heavy (non-hydrogen) atoms. The number of hydrogen-bond acceptors (Lipinski definition) is 5. The number of allylic oxidation sites excluding steroid dienone is 3. The summed E-state index contributed by atoms with van der Waals surface area (Å²) in [4.78, 5) is 11.7. The number of phenolic OH excluding ortho intramolecular Hbond substituents is 1. The van der Waals surface area contributed by atoms with Crippen LogP contribution in [-0.2, 0) is 4.79 Å². The molecule has 0 fully saturated rings. The third-order valence-corrected chi connectivity index (χ3v) is 3.11. The molecule has 1 heterocycles. The van der Waals surface area contributed by atoms with Crippen molar-refractivity contribution in [2.45, 2.75) is 6.92 Å². The van der Waals surface area contributed by atoms with E-state index in [0.29, 0.717) is 17.1 Å². The van der Waals surface area contributed by atoms with Crippen LogP contribution in [0.2, 0.25) is 0 Å². The quantitative estimate of drug-likeness (QED) is 0.476. The maximum absolute atomic E-state index is 11.7. The Morgan fingerprint density at radius 1 is 1.17 bits per heavy atom. The third-order valence-electron chi connectivity index (χ3n) is 3.11. The molecule has 0 aliphatic carbocycles. The average Bonchev–Trinajstić information content (AvgIpc) is 2.97. The predicted octanol–water partition coefficient (Wildman–Crippen LogP) is 4.04. The van der Waals surface area contributed by atoms with Crippen LogP contribution in [0.5, 0.6) is 11.5 Å². The fourth-order valence-corrected chi connectivity index (χ4v) is 1.93. The van der Waals surface area contributed by atoms with E-state index in [2.05, 4.69) is 0 Å². The summed E-state index contributed by atoms with van der Waals surface area (Å²) in [6.45, 7) is 1.81. The molecule has 0 amide bonds. The van der Waals surface area contributed by atoms with Gasteiger partial charge in [-0.25, -0.2) is 0 Å². The lowest BCUT2D eigenvalue weighted by atomic mass is 10.1. The molecule has 0 radical (unpaired) electrons. The first-order valence-electron chi connectivity index (χ1n) is 7.22. The van der Waals surface area contributed by atoms with Crippen molar-refractivity contribution in [2.75, 3.05) is 7.11 Å². The van der Waals surface area contributed by atoms with E-state index in [-0.39, 0.29) is 17.3 Å². The number of aliphatic hydroxyl groups is 1. The third kappa shape index (κ3) is 4.91. The molecule has 5 heteroatoms. The van der Waals surface area contributed by atoms with Crippen LogP contribution in [0.4, 0.5) is 0 Å². The standard InChI is InChI=1S/C19H18O5/c1-13-3-8-17(24-13)9-7-16(21)12-15(20)6-4-14-5-10-18(22)19(11-14)23-2/h3-12,20,22H,1-2H3/b6-4+,9-7+,15-12?. The largest absolute Gasteiger partial charge is 0.508 e. The van der Waals surface area contributed by atoms with E-state index in [1.807, 2.05) is 6.92 Å². The Morgan fingerprint density at radius 2 is 1.96 bits per heavy atom. The summed E-state index contributed by atoms with van der Waals surface area (Å²) in [5.41, 5.74) is 0.707. The molecule has 0 aliphatic rings. The second kappa shape index (κ2) is 7.87. The lowest BCUT2D eigenvalue weighted by Gasteiger charge is -2.03. The molecular formula is C19H18O5. The molecule has 0 saturated heterocycles. The minimum Gasteiger partial charge on any atom is -0.508 e. The van der Waals surface area contributed by atoms with Crippen LogP contribution in [0.25, 0.3) is 12.2 Å². The Morgan fingerprint density at radius 3 is 2.62 bits per heavy atom. The molecule has 2 rings (SSSR count). The van der Waals surface area contributed by atoms with E-state index in [9.17, 15) is 15.0 Å². The maximum atomic E-state index is 11.7. The number of carbonyl (C=O) groups is 1. The normalized spacial score (nSPS) is 12.2. The number of benzene rings is 1. The van der Waals surface area contributed by atoms with Crippen molar-refractivity contribution in [3.05, 3.63) is 71.4 Å². The molecule has 1 aromatic carbocycles. The van der Waals surface area contributed by atoms with Gasteiger partial charge in [-0.3, -0.25) is 4.79 Å². The number of ether oxygens (including phenoxy) is 1. The first kappa shape index (κ1) is 17.1. The fourth-order valence-electron chi connectivity index (χ4n) is 1.93. The van der Waals surface area contributed by atoms with Gasteiger partial charge in [-0.2, -0.15) is 0 Å². The fraction of sp³-hybridized carbons (Fsp3) is 0.105. The van der Waals surface area contributed by atoms with Crippen molar-refractivity contribution >= 4 is 17.9 Å². The summed E-state index contributed by atoms with van der Waals surface area (Å²) in [5.74, 6) is 1.13. The number of phenols is 1. The molecule has 0 bridgehead atoms. The van der Waals surface area contributed by atoms with Gasteiger partial charge in [0.1, 0.15) is 17.3 Å². The highest BCUT2D eigenvalue weighted by atomic mass is 16.5. The Labute approximate surface area is 139 Å². The van der Waals surface area contributed by atoms with Crippen LogP contribution in [0, 0.1) is 6.92 Å². The highest BCUT2D eigenvalue weighted by molar-refractivity contribution is 6.02. The average molecular weight is 326 g/mol. The van der Waals surface area contributed by atoms with Crippen molar-refractivity contribution in [1.82, 2.24) is 0 Å². The zero-order valence-corrected chi connectivity index (χ0v) is 13.4. The van der Waals surface area contributed by atoms with Gasteiger partial charge in [0.25, 0.3) is 0 Å². The minimum absolute atomic E-state index is 0.0305. The molecular weight excluding hydrogens is 308 g/mol. The first-order chi connectivity index (χ1) is 11.5. The van der Waals surface area contributed by atoms with E-state index in [4.69, 9.17) is 9.15 Å². The minimum atomic E-state index is -0.366. The Bertz CT molecular complexity index is 809. The number of carbonyl (C=O) groups excluding carboxylic acids is 1. The summed E-state index contributed by atoms with van der Waals surface area (Å²) < 4.78 is 10.3. The number of furan rings is 1. The van der Waals surface area contributed by atoms with Crippen molar-refractivity contribution in [3.8, 4) is 11.5 Å². The van der Waals surface area contributed by atoms with Crippen molar-refractivity contribution in [3.63, 3.8) is 0 Å². The second-order valence-corrected chi connectivity index (χ2v) is 5.02. The van der Waals surface area contributed by atoms with Crippen LogP contribution in [0.3, 0.4) is 0 Å². The molecule has 0 saturated carbocycles. The van der Waals surface area contributed by atoms with Crippen LogP contribution < -0.4 is 4.74 Å². The number of aliphatic hydroxyl groups excluding tert-OH is 1. The van der Waals surface area contributed by atoms with Crippen molar-refractivity contribution in [2.24, 2.45) is 0 Å². The maximum Gasteiger partial charge on any atom is 0.182 e.